The summed E-state index contributed by atoms with van der Waals surface area (Å²) in [4.78, 5) is 16.2. The quantitative estimate of drug-likeness (QED) is 0.663. The highest BCUT2D eigenvalue weighted by molar-refractivity contribution is 7.71. The van der Waals surface area contributed by atoms with Crippen molar-refractivity contribution in [3.63, 3.8) is 0 Å². The minimum Gasteiger partial charge on any atom is -0.490 e. The molecule has 1 fully saturated rings. The van der Waals surface area contributed by atoms with E-state index >= 15 is 0 Å². The van der Waals surface area contributed by atoms with E-state index in [4.69, 9.17) is 28.6 Å². The predicted octanol–water partition coefficient (Wildman–Crippen LogP) is 4.10. The summed E-state index contributed by atoms with van der Waals surface area (Å²) in [6, 6.07) is 7.37. The molecule has 1 aliphatic heterocycles. The Bertz CT molecular complexity index is 1000. The lowest BCUT2D eigenvalue weighted by atomic mass is 10.1. The molecule has 3 aromatic rings. The maximum Gasteiger partial charge on any atom is 0.265 e. The standard InChI is InChI=1S/C17H17ClN4O2S2/c1-10-14(26-17-20-19-16(25)22(10)17)15(23)21-8-6-13(7-9-21)24-12-4-2-11(18)3-5-12/h2-5,13H,6-9H2,1H3,(H,19,25). The molecule has 1 amide bonds. The molecule has 0 bridgehead atoms. The number of H-pyrrole nitrogens is 1. The predicted molar refractivity (Wildman–Crippen MR) is 104 cm³/mol. The van der Waals surface area contributed by atoms with Gasteiger partial charge in [-0.2, -0.15) is 0 Å². The monoisotopic (exact) mass is 408 g/mol. The number of fused-ring (bicyclic) bond motifs is 1. The van der Waals surface area contributed by atoms with E-state index in [1.807, 2.05) is 40.5 Å². The molecule has 136 valence electrons. The zero-order valence-corrected chi connectivity index (χ0v) is 16.5. The molecule has 1 aromatic carbocycles. The van der Waals surface area contributed by atoms with Crippen LogP contribution >= 0.6 is 35.2 Å². The Hall–Kier alpha value is -1.90. The van der Waals surface area contributed by atoms with Crippen molar-refractivity contribution in [2.24, 2.45) is 0 Å². The lowest BCUT2D eigenvalue weighted by Gasteiger charge is -2.32. The van der Waals surface area contributed by atoms with E-state index < -0.39 is 0 Å². The lowest BCUT2D eigenvalue weighted by Crippen LogP contribution is -2.41. The summed E-state index contributed by atoms with van der Waals surface area (Å²) >= 11 is 12.5. The topological polar surface area (TPSA) is 62.6 Å². The number of carbonyl (C=O) groups excluding carboxylic acids is 1. The zero-order chi connectivity index (χ0) is 18.3. The first kappa shape index (κ1) is 17.5. The molecule has 0 spiro atoms. The number of piperidine rings is 1. The van der Waals surface area contributed by atoms with Crippen LogP contribution in [0.1, 0.15) is 28.2 Å². The molecule has 3 heterocycles. The molecule has 2 aromatic heterocycles. The third-order valence-electron chi connectivity index (χ3n) is 4.54. The number of thiazole rings is 1. The molecule has 0 radical (unpaired) electrons. The Kier molecular flexibility index (Phi) is 4.73. The van der Waals surface area contributed by atoms with E-state index in [9.17, 15) is 4.79 Å². The number of nitrogens with zero attached hydrogens (tertiary/aromatic N) is 3. The second-order valence-electron chi connectivity index (χ2n) is 6.23. The van der Waals surface area contributed by atoms with Crippen molar-refractivity contribution < 1.29 is 9.53 Å². The highest BCUT2D eigenvalue weighted by Crippen LogP contribution is 2.26. The number of amides is 1. The summed E-state index contributed by atoms with van der Waals surface area (Å²) in [5, 5.41) is 7.60. The maximum absolute atomic E-state index is 12.9. The number of benzene rings is 1. The number of aromatic nitrogens is 3. The normalized spacial score (nSPS) is 15.5. The molecule has 1 aliphatic rings. The van der Waals surface area contributed by atoms with Gasteiger partial charge in [0.25, 0.3) is 5.91 Å². The SMILES string of the molecule is Cc1c(C(=O)N2CCC(Oc3ccc(Cl)cc3)CC2)sc2n[nH]c(=S)n12. The van der Waals surface area contributed by atoms with Crippen molar-refractivity contribution in [1.82, 2.24) is 19.5 Å². The third-order valence-corrected chi connectivity index (χ3v) is 6.20. The van der Waals surface area contributed by atoms with Crippen LogP contribution in [0.25, 0.3) is 4.96 Å². The Morgan fingerprint density at radius 1 is 1.35 bits per heavy atom. The van der Waals surface area contributed by atoms with E-state index in [2.05, 4.69) is 10.2 Å². The van der Waals surface area contributed by atoms with Gasteiger partial charge in [-0.15, -0.1) is 5.10 Å². The van der Waals surface area contributed by atoms with Crippen LogP contribution in [0, 0.1) is 11.7 Å². The van der Waals surface area contributed by atoms with Crippen LogP contribution in [0.4, 0.5) is 0 Å². The molecular weight excluding hydrogens is 392 g/mol. The average molecular weight is 409 g/mol. The van der Waals surface area contributed by atoms with Gasteiger partial charge < -0.3 is 9.64 Å². The molecule has 0 aliphatic carbocycles. The number of hydrogen-bond donors (Lipinski definition) is 1. The first-order valence-electron chi connectivity index (χ1n) is 8.31. The Labute approximate surface area is 164 Å². The van der Waals surface area contributed by atoms with Gasteiger partial charge in [0.15, 0.2) is 0 Å². The minimum absolute atomic E-state index is 0.0392. The van der Waals surface area contributed by atoms with Crippen molar-refractivity contribution in [2.45, 2.75) is 25.9 Å². The summed E-state index contributed by atoms with van der Waals surface area (Å²) in [5.41, 5.74) is 0.841. The van der Waals surface area contributed by atoms with Crippen LogP contribution in [0.15, 0.2) is 24.3 Å². The summed E-state index contributed by atoms with van der Waals surface area (Å²) in [6.45, 7) is 3.24. The molecule has 4 rings (SSSR count). The number of ether oxygens (including phenoxy) is 1. The van der Waals surface area contributed by atoms with E-state index in [1.54, 1.807) is 0 Å². The molecule has 9 heteroatoms. The second kappa shape index (κ2) is 7.02. The van der Waals surface area contributed by atoms with E-state index in [0.29, 0.717) is 27.8 Å². The largest absolute Gasteiger partial charge is 0.490 e. The number of carbonyl (C=O) groups is 1. The summed E-state index contributed by atoms with van der Waals surface area (Å²) in [7, 11) is 0. The molecule has 26 heavy (non-hydrogen) atoms. The third kappa shape index (κ3) is 3.24. The van der Waals surface area contributed by atoms with Gasteiger partial charge in [0.1, 0.15) is 16.7 Å². The van der Waals surface area contributed by atoms with Crippen LogP contribution in [0.2, 0.25) is 5.02 Å². The summed E-state index contributed by atoms with van der Waals surface area (Å²) in [6.07, 6.45) is 1.71. The van der Waals surface area contributed by atoms with Crippen molar-refractivity contribution in [3.05, 3.63) is 44.6 Å². The summed E-state index contributed by atoms with van der Waals surface area (Å²) < 4.78 is 8.32. The number of likely N-dealkylation sites (tertiary alicyclic amines) is 1. The Balaban J connectivity index is 1.42. The van der Waals surface area contributed by atoms with E-state index in [-0.39, 0.29) is 12.0 Å². The van der Waals surface area contributed by atoms with Crippen molar-refractivity contribution in [3.8, 4) is 5.75 Å². The fourth-order valence-electron chi connectivity index (χ4n) is 3.14. The van der Waals surface area contributed by atoms with Gasteiger partial charge in [-0.25, -0.2) is 0 Å². The maximum atomic E-state index is 12.9. The van der Waals surface area contributed by atoms with Crippen LogP contribution in [-0.2, 0) is 0 Å². The summed E-state index contributed by atoms with van der Waals surface area (Å²) in [5.74, 6) is 0.848. The van der Waals surface area contributed by atoms with E-state index in [0.717, 1.165) is 29.2 Å². The molecule has 0 saturated carbocycles. The fourth-order valence-corrected chi connectivity index (χ4v) is 4.64. The first-order valence-corrected chi connectivity index (χ1v) is 9.91. The molecule has 1 N–H and O–H groups in total. The number of hydrogen-bond acceptors (Lipinski definition) is 5. The average Bonchev–Trinajstić information content (AvgIpc) is 3.17. The molecule has 0 unspecified atom stereocenters. The zero-order valence-electron chi connectivity index (χ0n) is 14.1. The van der Waals surface area contributed by atoms with Gasteiger partial charge in [0.05, 0.1) is 0 Å². The van der Waals surface area contributed by atoms with Crippen LogP contribution in [-0.4, -0.2) is 44.6 Å². The molecule has 1 saturated heterocycles. The highest BCUT2D eigenvalue weighted by Gasteiger charge is 2.27. The number of aryl methyl sites for hydroxylation is 1. The number of rotatable bonds is 3. The van der Waals surface area contributed by atoms with Crippen LogP contribution in [0.5, 0.6) is 5.75 Å². The van der Waals surface area contributed by atoms with Crippen LogP contribution < -0.4 is 4.74 Å². The fraction of sp³-hybridized carbons (Fsp3) is 0.353. The molecule has 0 atom stereocenters. The van der Waals surface area contributed by atoms with Gasteiger partial charge in [-0.3, -0.25) is 14.3 Å². The van der Waals surface area contributed by atoms with Gasteiger partial charge in [0.2, 0.25) is 9.73 Å². The lowest BCUT2D eigenvalue weighted by molar-refractivity contribution is 0.0599. The Morgan fingerprint density at radius 3 is 2.69 bits per heavy atom. The van der Waals surface area contributed by atoms with Gasteiger partial charge in [-0.05, 0) is 43.4 Å². The molecule has 6 nitrogen and oxygen atoms in total. The van der Waals surface area contributed by atoms with Crippen molar-refractivity contribution in [2.75, 3.05) is 13.1 Å². The van der Waals surface area contributed by atoms with Crippen LogP contribution in [0.3, 0.4) is 0 Å². The van der Waals surface area contributed by atoms with Gasteiger partial charge in [-0.1, -0.05) is 22.9 Å². The van der Waals surface area contributed by atoms with Gasteiger partial charge >= 0.3 is 0 Å². The second-order valence-corrected chi connectivity index (χ2v) is 8.03. The van der Waals surface area contributed by atoms with Crippen molar-refractivity contribution in [1.29, 1.82) is 0 Å². The minimum atomic E-state index is 0.0392. The first-order chi connectivity index (χ1) is 12.5. The van der Waals surface area contributed by atoms with E-state index in [1.165, 1.54) is 11.3 Å². The van der Waals surface area contributed by atoms with Gasteiger partial charge in [0, 0.05) is 36.6 Å². The highest BCUT2D eigenvalue weighted by atomic mass is 35.5. The Morgan fingerprint density at radius 2 is 2.04 bits per heavy atom. The number of nitrogens with one attached hydrogen (secondary N) is 1. The van der Waals surface area contributed by atoms with Crippen molar-refractivity contribution >= 4 is 46.0 Å². The smallest absolute Gasteiger partial charge is 0.265 e. The number of aromatic amines is 1. The number of halogens is 1. The molecular formula is C17H17ClN4O2S2.